The van der Waals surface area contributed by atoms with Gasteiger partial charge in [-0.05, 0) is 76.4 Å². The third-order valence-electron chi connectivity index (χ3n) is 8.03. The molecule has 0 bridgehead atoms. The van der Waals surface area contributed by atoms with Crippen LogP contribution >= 0.6 is 0 Å². The number of benzene rings is 2. The topological polar surface area (TPSA) is 156 Å². The van der Waals surface area contributed by atoms with Gasteiger partial charge in [-0.15, -0.1) is 0 Å². The molecule has 48 heavy (non-hydrogen) atoms. The number of aromatic amines is 1. The molecular weight excluding hydrogens is 602 g/mol. The van der Waals surface area contributed by atoms with Gasteiger partial charge >= 0.3 is 0 Å². The highest BCUT2D eigenvalue weighted by atomic mass is 16.2. The smallest absolute Gasteiger partial charge is 0.269 e. The van der Waals surface area contributed by atoms with E-state index in [0.29, 0.717) is 24.2 Å². The summed E-state index contributed by atoms with van der Waals surface area (Å²) in [7, 11) is 1.63. The molecule has 0 atom stereocenters. The van der Waals surface area contributed by atoms with Crippen molar-refractivity contribution in [3.05, 3.63) is 114 Å². The van der Waals surface area contributed by atoms with Crippen molar-refractivity contribution in [2.45, 2.75) is 26.2 Å². The Kier molecular flexibility index (Phi) is 8.94. The summed E-state index contributed by atoms with van der Waals surface area (Å²) in [5.74, 6) is 4.98. The van der Waals surface area contributed by atoms with Crippen molar-refractivity contribution in [2.75, 3.05) is 13.6 Å². The minimum Gasteiger partial charge on any atom is -0.364 e. The minimum atomic E-state index is -0.615. The lowest BCUT2D eigenvalue weighted by molar-refractivity contribution is 0.0945. The van der Waals surface area contributed by atoms with Crippen LogP contribution in [0, 0.1) is 11.8 Å². The van der Waals surface area contributed by atoms with E-state index in [-0.39, 0.29) is 29.1 Å². The van der Waals surface area contributed by atoms with Gasteiger partial charge in [-0.3, -0.25) is 24.4 Å². The number of nitrogens with two attached hydrogens (primary N) is 1. The monoisotopic (exact) mass is 635 g/mol. The first-order valence-corrected chi connectivity index (χ1v) is 15.5. The van der Waals surface area contributed by atoms with Crippen LogP contribution in [0.4, 0.5) is 0 Å². The van der Waals surface area contributed by atoms with Gasteiger partial charge in [-0.25, -0.2) is 4.98 Å². The molecule has 0 aliphatic heterocycles. The van der Waals surface area contributed by atoms with Gasteiger partial charge in [0.25, 0.3) is 17.7 Å². The number of carbonyl (C=O) groups is 3. The van der Waals surface area contributed by atoms with Crippen LogP contribution < -0.4 is 16.4 Å². The largest absolute Gasteiger partial charge is 0.364 e. The Labute approximate surface area is 277 Å². The van der Waals surface area contributed by atoms with Gasteiger partial charge in [0.2, 0.25) is 0 Å². The second-order valence-electron chi connectivity index (χ2n) is 11.5. The van der Waals surface area contributed by atoms with Crippen LogP contribution in [0.2, 0.25) is 0 Å². The van der Waals surface area contributed by atoms with E-state index >= 15 is 0 Å². The molecule has 0 saturated heterocycles. The number of rotatable bonds is 8. The summed E-state index contributed by atoms with van der Waals surface area (Å²) in [6.45, 7) is 4.60. The summed E-state index contributed by atoms with van der Waals surface area (Å²) in [6, 6.07) is 20.8. The summed E-state index contributed by atoms with van der Waals surface area (Å²) in [6.07, 6.45) is 5.65. The number of hydrogen-bond acceptors (Lipinski definition) is 6. The van der Waals surface area contributed by atoms with Crippen molar-refractivity contribution in [1.82, 2.24) is 30.6 Å². The zero-order chi connectivity index (χ0) is 33.8. The maximum absolute atomic E-state index is 12.7. The van der Waals surface area contributed by atoms with Crippen LogP contribution in [0.15, 0.2) is 85.3 Å². The van der Waals surface area contributed by atoms with Crippen molar-refractivity contribution in [3.63, 3.8) is 0 Å². The number of aromatic nitrogens is 4. The van der Waals surface area contributed by atoms with E-state index in [1.54, 1.807) is 37.6 Å². The molecule has 0 unspecified atom stereocenters. The van der Waals surface area contributed by atoms with E-state index in [1.165, 1.54) is 6.07 Å². The van der Waals surface area contributed by atoms with E-state index in [1.807, 2.05) is 30.5 Å². The van der Waals surface area contributed by atoms with E-state index in [0.717, 1.165) is 49.6 Å². The second-order valence-corrected chi connectivity index (χ2v) is 11.5. The van der Waals surface area contributed by atoms with Gasteiger partial charge in [0.05, 0.1) is 11.3 Å². The number of primary amides is 1. The summed E-state index contributed by atoms with van der Waals surface area (Å²) < 4.78 is 0. The van der Waals surface area contributed by atoms with Gasteiger partial charge in [0, 0.05) is 60.5 Å². The first kappa shape index (κ1) is 31.6. The highest BCUT2D eigenvalue weighted by Crippen LogP contribution is 2.36. The number of nitrogens with one attached hydrogen (secondary N) is 3. The van der Waals surface area contributed by atoms with Crippen molar-refractivity contribution in [3.8, 4) is 34.2 Å². The van der Waals surface area contributed by atoms with Crippen molar-refractivity contribution in [2.24, 2.45) is 5.73 Å². The standard InChI is InChI=1S/C38H33N7O3/c1-22(2)28-16-25(17-29-31(37(47)40-3)21-44-35(28)29)27-11-6-8-23-18-34(43-20-30(23)27)24-13-14-33(42-19-24)38(48)41-15-5-4-9-26-10-7-12-32(45-26)36(39)46/h6-8,10-14,16-22,44H,5,15H2,1-3H3,(H2,39,46)(H,40,47)(H,41,48). The number of hydrogen-bond donors (Lipinski definition) is 4. The summed E-state index contributed by atoms with van der Waals surface area (Å²) >= 11 is 0. The molecular formula is C38H33N7O3. The quantitative estimate of drug-likeness (QED) is 0.126. The molecule has 0 aliphatic carbocycles. The van der Waals surface area contributed by atoms with Crippen LogP contribution in [-0.2, 0) is 0 Å². The fourth-order valence-electron chi connectivity index (χ4n) is 5.58. The number of carbonyl (C=O) groups excluding carboxylic acids is 3. The van der Waals surface area contributed by atoms with Gasteiger partial charge in [-0.1, -0.05) is 44.0 Å². The van der Waals surface area contributed by atoms with Crippen LogP contribution in [0.25, 0.3) is 44.1 Å². The molecule has 6 aromatic rings. The summed E-state index contributed by atoms with van der Waals surface area (Å²) in [5, 5.41) is 8.42. The molecule has 0 fully saturated rings. The lowest BCUT2D eigenvalue weighted by Crippen LogP contribution is -2.25. The van der Waals surface area contributed by atoms with Crippen molar-refractivity contribution in [1.29, 1.82) is 0 Å². The Balaban J connectivity index is 1.18. The molecule has 5 N–H and O–H groups in total. The Morgan fingerprint density at radius 2 is 1.73 bits per heavy atom. The number of pyridine rings is 3. The number of amides is 3. The predicted molar refractivity (Wildman–Crippen MR) is 186 cm³/mol. The molecule has 0 spiro atoms. The summed E-state index contributed by atoms with van der Waals surface area (Å²) in [4.78, 5) is 53.1. The number of fused-ring (bicyclic) bond motifs is 2. The van der Waals surface area contributed by atoms with Gasteiger partial charge < -0.3 is 21.4 Å². The average molecular weight is 636 g/mol. The molecule has 4 heterocycles. The minimum absolute atomic E-state index is 0.136. The highest BCUT2D eigenvalue weighted by molar-refractivity contribution is 6.09. The van der Waals surface area contributed by atoms with Crippen LogP contribution in [0.5, 0.6) is 0 Å². The lowest BCUT2D eigenvalue weighted by Gasteiger charge is -2.14. The zero-order valence-corrected chi connectivity index (χ0v) is 26.7. The third-order valence-corrected chi connectivity index (χ3v) is 8.03. The Morgan fingerprint density at radius 1 is 0.896 bits per heavy atom. The van der Waals surface area contributed by atoms with E-state index in [9.17, 15) is 14.4 Å². The number of H-pyrrole nitrogens is 1. The predicted octanol–water partition coefficient (Wildman–Crippen LogP) is 5.59. The fraction of sp³-hybridized carbons (Fsp3) is 0.158. The highest BCUT2D eigenvalue weighted by Gasteiger charge is 2.18. The number of nitrogens with zero attached hydrogens (tertiary/aromatic N) is 3. The van der Waals surface area contributed by atoms with Crippen LogP contribution in [0.3, 0.4) is 0 Å². The molecule has 6 rings (SSSR count). The third kappa shape index (κ3) is 6.48. The van der Waals surface area contributed by atoms with E-state index in [4.69, 9.17) is 10.7 Å². The molecule has 10 nitrogen and oxygen atoms in total. The maximum Gasteiger partial charge on any atom is 0.269 e. The molecule has 4 aromatic heterocycles. The maximum atomic E-state index is 12.7. The molecule has 0 aliphatic rings. The molecule has 0 radical (unpaired) electrons. The average Bonchev–Trinajstić information content (AvgIpc) is 3.54. The van der Waals surface area contributed by atoms with E-state index < -0.39 is 5.91 Å². The second kappa shape index (κ2) is 13.6. The first-order chi connectivity index (χ1) is 23.2. The lowest BCUT2D eigenvalue weighted by atomic mass is 9.91. The van der Waals surface area contributed by atoms with Gasteiger partial charge in [0.15, 0.2) is 0 Å². The molecule has 0 saturated carbocycles. The van der Waals surface area contributed by atoms with Gasteiger partial charge in [-0.2, -0.15) is 0 Å². The SMILES string of the molecule is CNC(=O)c1c[nH]c2c(C(C)C)cc(-c3cccc4cc(-c5ccc(C(=O)NCCC#Cc6cccc(C(N)=O)n6)nc5)ncc34)cc12. The van der Waals surface area contributed by atoms with E-state index in [2.05, 4.69) is 69.5 Å². The molecule has 2 aromatic carbocycles. The summed E-state index contributed by atoms with van der Waals surface area (Å²) in [5.41, 5.74) is 12.4. The Hall–Kier alpha value is -6.34. The zero-order valence-electron chi connectivity index (χ0n) is 26.7. The van der Waals surface area contributed by atoms with Gasteiger partial charge in [0.1, 0.15) is 17.1 Å². The van der Waals surface area contributed by atoms with Crippen molar-refractivity contribution < 1.29 is 14.4 Å². The molecule has 238 valence electrons. The Bertz CT molecular complexity index is 2260. The Morgan fingerprint density at radius 3 is 2.48 bits per heavy atom. The van der Waals surface area contributed by atoms with Crippen molar-refractivity contribution >= 4 is 39.4 Å². The van der Waals surface area contributed by atoms with Crippen LogP contribution in [-0.4, -0.2) is 51.2 Å². The fourth-order valence-corrected chi connectivity index (χ4v) is 5.58. The molecule has 10 heteroatoms. The normalized spacial score (nSPS) is 10.9. The first-order valence-electron chi connectivity index (χ1n) is 15.5. The molecule has 3 amide bonds. The van der Waals surface area contributed by atoms with Crippen LogP contribution in [0.1, 0.15) is 68.8 Å².